The molecule has 3 rings (SSSR count). The maximum atomic E-state index is 13.3. The van der Waals surface area contributed by atoms with Crippen LogP contribution in [0, 0.1) is 0 Å². The summed E-state index contributed by atoms with van der Waals surface area (Å²) in [5.41, 5.74) is 0.353. The van der Waals surface area contributed by atoms with Crippen LogP contribution >= 0.6 is 11.6 Å². The van der Waals surface area contributed by atoms with Crippen molar-refractivity contribution in [3.63, 3.8) is 0 Å². The molecule has 0 bridgehead atoms. The number of halogens is 1. The summed E-state index contributed by atoms with van der Waals surface area (Å²) in [7, 11) is 3.13. The Bertz CT molecular complexity index is 1130. The standard InChI is InChI=1S/C20H19ClN4O4/c1-24(2)16(26)11-15(23-20(28)29)18-22-14-10-6-9-13(21)17(14)19(27)25(18)12-7-4-3-5-8-12/h3-10,15,23H,11H2,1-2H3,(H,28,29). The van der Waals surface area contributed by atoms with Gasteiger partial charge in [-0.1, -0.05) is 35.9 Å². The predicted octanol–water partition coefficient (Wildman–Crippen LogP) is 2.83. The number of hydrogen-bond donors (Lipinski definition) is 2. The van der Waals surface area contributed by atoms with Crippen molar-refractivity contribution in [2.75, 3.05) is 14.1 Å². The smallest absolute Gasteiger partial charge is 0.405 e. The number of carbonyl (C=O) groups is 2. The van der Waals surface area contributed by atoms with Gasteiger partial charge in [-0.2, -0.15) is 0 Å². The summed E-state index contributed by atoms with van der Waals surface area (Å²) in [6, 6.07) is 12.5. The quantitative estimate of drug-likeness (QED) is 0.668. The normalized spacial score (nSPS) is 11.8. The first-order valence-corrected chi connectivity index (χ1v) is 9.13. The number of hydrogen-bond acceptors (Lipinski definition) is 4. The van der Waals surface area contributed by atoms with Gasteiger partial charge in [-0.3, -0.25) is 14.2 Å². The van der Waals surface area contributed by atoms with Gasteiger partial charge in [0.15, 0.2) is 0 Å². The van der Waals surface area contributed by atoms with E-state index >= 15 is 0 Å². The number of rotatable bonds is 5. The topological polar surface area (TPSA) is 105 Å². The number of carbonyl (C=O) groups excluding carboxylic acids is 1. The van der Waals surface area contributed by atoms with E-state index in [-0.39, 0.29) is 28.6 Å². The Balaban J connectivity index is 2.32. The van der Waals surface area contributed by atoms with Crippen LogP contribution in [0.25, 0.3) is 16.6 Å². The Hall–Kier alpha value is -3.39. The van der Waals surface area contributed by atoms with Crippen LogP contribution in [0.4, 0.5) is 4.79 Å². The molecule has 1 atom stereocenters. The maximum Gasteiger partial charge on any atom is 0.405 e. The van der Waals surface area contributed by atoms with E-state index in [4.69, 9.17) is 11.6 Å². The van der Waals surface area contributed by atoms with Crippen LogP contribution in [-0.2, 0) is 4.79 Å². The summed E-state index contributed by atoms with van der Waals surface area (Å²) in [4.78, 5) is 42.9. The van der Waals surface area contributed by atoms with Crippen LogP contribution in [0.15, 0.2) is 53.3 Å². The zero-order valence-electron chi connectivity index (χ0n) is 15.8. The second-order valence-corrected chi connectivity index (χ2v) is 6.98. The molecule has 0 saturated carbocycles. The fourth-order valence-corrected chi connectivity index (χ4v) is 3.23. The summed E-state index contributed by atoms with van der Waals surface area (Å²) in [6.07, 6.45) is -1.54. The Morgan fingerprint density at radius 2 is 1.86 bits per heavy atom. The van der Waals surface area contributed by atoms with Gasteiger partial charge in [-0.05, 0) is 24.3 Å². The molecule has 0 radical (unpaired) electrons. The molecule has 9 heteroatoms. The number of carboxylic acid groups (broad SMARTS) is 1. The highest BCUT2D eigenvalue weighted by Crippen LogP contribution is 2.24. The third-order valence-corrected chi connectivity index (χ3v) is 4.69. The molecule has 2 amide bonds. The first-order valence-electron chi connectivity index (χ1n) is 8.75. The van der Waals surface area contributed by atoms with Crippen LogP contribution in [-0.4, -0.2) is 45.7 Å². The molecule has 29 heavy (non-hydrogen) atoms. The van der Waals surface area contributed by atoms with Crippen LogP contribution < -0.4 is 10.9 Å². The number of aromatic nitrogens is 2. The van der Waals surface area contributed by atoms with Crippen LogP contribution in [0.2, 0.25) is 5.02 Å². The average molecular weight is 415 g/mol. The Labute approximate surface area is 171 Å². The first-order chi connectivity index (χ1) is 13.8. The molecule has 0 spiro atoms. The van der Waals surface area contributed by atoms with Crippen LogP contribution in [0.5, 0.6) is 0 Å². The Morgan fingerprint density at radius 1 is 1.17 bits per heavy atom. The first kappa shape index (κ1) is 20.3. The second-order valence-electron chi connectivity index (χ2n) is 6.57. The lowest BCUT2D eigenvalue weighted by Crippen LogP contribution is -2.37. The molecule has 0 aliphatic carbocycles. The highest BCUT2D eigenvalue weighted by molar-refractivity contribution is 6.35. The van der Waals surface area contributed by atoms with E-state index < -0.39 is 17.7 Å². The number of benzene rings is 2. The summed E-state index contributed by atoms with van der Waals surface area (Å²) in [5.74, 6) is -0.211. The lowest BCUT2D eigenvalue weighted by Gasteiger charge is -2.22. The van der Waals surface area contributed by atoms with Gasteiger partial charge in [-0.15, -0.1) is 0 Å². The fraction of sp³-hybridized carbons (Fsp3) is 0.200. The molecule has 0 fully saturated rings. The van der Waals surface area contributed by atoms with Crippen molar-refractivity contribution in [1.82, 2.24) is 19.8 Å². The fourth-order valence-electron chi connectivity index (χ4n) is 2.98. The number of amides is 2. The van der Waals surface area contributed by atoms with Gasteiger partial charge in [0, 0.05) is 14.1 Å². The SMILES string of the molecule is CN(C)C(=O)CC(NC(=O)O)c1nc2cccc(Cl)c2c(=O)n1-c1ccccc1. The molecule has 0 saturated heterocycles. The summed E-state index contributed by atoms with van der Waals surface area (Å²) in [6.45, 7) is 0. The molecule has 2 aromatic carbocycles. The molecule has 0 aliphatic rings. The van der Waals surface area contributed by atoms with E-state index in [1.54, 1.807) is 62.6 Å². The third kappa shape index (κ3) is 4.22. The predicted molar refractivity (Wildman–Crippen MR) is 110 cm³/mol. The monoisotopic (exact) mass is 414 g/mol. The summed E-state index contributed by atoms with van der Waals surface area (Å²) in [5, 5.41) is 12.1. The molecule has 1 aromatic heterocycles. The molecular weight excluding hydrogens is 396 g/mol. The molecule has 0 aliphatic heterocycles. The number of nitrogens with zero attached hydrogens (tertiary/aromatic N) is 3. The highest BCUT2D eigenvalue weighted by Gasteiger charge is 2.26. The van der Waals surface area contributed by atoms with E-state index in [2.05, 4.69) is 10.3 Å². The van der Waals surface area contributed by atoms with Gasteiger partial charge < -0.3 is 15.3 Å². The number of fused-ring (bicyclic) bond motifs is 1. The number of nitrogens with one attached hydrogen (secondary N) is 1. The van der Waals surface area contributed by atoms with Crippen molar-refractivity contribution in [3.8, 4) is 5.69 Å². The van der Waals surface area contributed by atoms with Crippen molar-refractivity contribution in [2.24, 2.45) is 0 Å². The van der Waals surface area contributed by atoms with E-state index in [1.807, 2.05) is 0 Å². The lowest BCUT2D eigenvalue weighted by molar-refractivity contribution is -0.129. The molecule has 2 N–H and O–H groups in total. The largest absolute Gasteiger partial charge is 0.465 e. The molecule has 1 unspecified atom stereocenters. The minimum atomic E-state index is -1.33. The number of para-hydroxylation sites is 1. The maximum absolute atomic E-state index is 13.3. The Kier molecular flexibility index (Phi) is 5.84. The molecule has 3 aromatic rings. The van der Waals surface area contributed by atoms with E-state index in [1.165, 1.54) is 9.47 Å². The molecule has 8 nitrogen and oxygen atoms in total. The molecular formula is C20H19ClN4O4. The van der Waals surface area contributed by atoms with Gasteiger partial charge in [0.05, 0.1) is 34.1 Å². The summed E-state index contributed by atoms with van der Waals surface area (Å²) >= 11 is 6.24. The zero-order valence-corrected chi connectivity index (χ0v) is 16.6. The lowest BCUT2D eigenvalue weighted by atomic mass is 10.1. The van der Waals surface area contributed by atoms with E-state index in [0.717, 1.165) is 0 Å². The van der Waals surface area contributed by atoms with E-state index in [9.17, 15) is 19.5 Å². The third-order valence-electron chi connectivity index (χ3n) is 4.37. The van der Waals surface area contributed by atoms with Crippen LogP contribution in [0.1, 0.15) is 18.3 Å². The summed E-state index contributed by atoms with van der Waals surface area (Å²) < 4.78 is 1.29. The Morgan fingerprint density at radius 3 is 2.48 bits per heavy atom. The molecule has 1 heterocycles. The van der Waals surface area contributed by atoms with Gasteiger partial charge in [-0.25, -0.2) is 9.78 Å². The van der Waals surface area contributed by atoms with Crippen molar-refractivity contribution in [1.29, 1.82) is 0 Å². The minimum absolute atomic E-state index is 0.105. The minimum Gasteiger partial charge on any atom is -0.465 e. The van der Waals surface area contributed by atoms with Crippen molar-refractivity contribution >= 4 is 34.5 Å². The van der Waals surface area contributed by atoms with Crippen molar-refractivity contribution in [3.05, 3.63) is 69.7 Å². The van der Waals surface area contributed by atoms with Crippen molar-refractivity contribution < 1.29 is 14.7 Å². The van der Waals surface area contributed by atoms with Gasteiger partial charge in [0.25, 0.3) is 5.56 Å². The van der Waals surface area contributed by atoms with Crippen molar-refractivity contribution in [2.45, 2.75) is 12.5 Å². The second kappa shape index (κ2) is 8.32. The van der Waals surface area contributed by atoms with Gasteiger partial charge in [0.2, 0.25) is 5.91 Å². The van der Waals surface area contributed by atoms with Gasteiger partial charge in [0.1, 0.15) is 5.82 Å². The van der Waals surface area contributed by atoms with Gasteiger partial charge >= 0.3 is 6.09 Å². The zero-order chi connectivity index (χ0) is 21.1. The highest BCUT2D eigenvalue weighted by atomic mass is 35.5. The molecule has 150 valence electrons. The van der Waals surface area contributed by atoms with Crippen LogP contribution in [0.3, 0.4) is 0 Å². The average Bonchev–Trinajstić information content (AvgIpc) is 2.67. The van der Waals surface area contributed by atoms with E-state index in [0.29, 0.717) is 11.2 Å².